The van der Waals surface area contributed by atoms with E-state index in [1.165, 1.54) is 0 Å². The Labute approximate surface area is 171 Å². The van der Waals surface area contributed by atoms with E-state index in [0.29, 0.717) is 12.2 Å². The van der Waals surface area contributed by atoms with Crippen molar-refractivity contribution in [2.24, 2.45) is 0 Å². The number of hydrogen-bond acceptors (Lipinski definition) is 4. The Hall–Kier alpha value is -3.51. The second kappa shape index (κ2) is 7.14. The van der Waals surface area contributed by atoms with Crippen molar-refractivity contribution in [1.29, 1.82) is 0 Å². The van der Waals surface area contributed by atoms with E-state index in [1.54, 1.807) is 18.3 Å². The van der Waals surface area contributed by atoms with Crippen LogP contribution in [-0.4, -0.2) is 25.4 Å². The van der Waals surface area contributed by atoms with Crippen molar-refractivity contribution in [2.45, 2.75) is 13.0 Å². The number of amides is 1. The highest BCUT2D eigenvalue weighted by Gasteiger charge is 2.15. The van der Waals surface area contributed by atoms with Crippen molar-refractivity contribution in [3.63, 3.8) is 0 Å². The molecule has 0 unspecified atom stereocenters. The Morgan fingerprint density at radius 3 is 2.55 bits per heavy atom. The number of fused-ring (bicyclic) bond motifs is 4. The van der Waals surface area contributed by atoms with Crippen LogP contribution in [0.3, 0.4) is 0 Å². The highest BCUT2D eigenvalue weighted by Crippen LogP contribution is 2.28. The summed E-state index contributed by atoms with van der Waals surface area (Å²) in [6, 6.07) is 19.3. The maximum Gasteiger partial charge on any atom is 0.226 e. The predicted molar refractivity (Wildman–Crippen MR) is 115 cm³/mol. The molecule has 0 aliphatic rings. The fourth-order valence-electron chi connectivity index (χ4n) is 3.51. The monoisotopic (exact) mass is 401 g/mol. The van der Waals surface area contributed by atoms with Gasteiger partial charge < -0.3 is 9.88 Å². The standard InChI is InChI=1S/C22H16ClN5O/c23-21-17(9-5-12-24-21)25-19(29)11-13-28-18-10-4-1-6-14(18)20-22(28)27-16-8-3-2-7-15(16)26-20/h1-10,12H,11,13H2,(H,25,29). The first kappa shape index (κ1) is 17.6. The molecule has 7 heteroatoms. The minimum atomic E-state index is -0.139. The van der Waals surface area contributed by atoms with E-state index in [0.717, 1.165) is 33.1 Å². The number of carbonyl (C=O) groups excluding carboxylic acids is 1. The molecule has 0 aliphatic carbocycles. The molecule has 6 nitrogen and oxygen atoms in total. The van der Waals surface area contributed by atoms with Gasteiger partial charge in [0, 0.05) is 24.5 Å². The van der Waals surface area contributed by atoms with Gasteiger partial charge in [0.15, 0.2) is 10.8 Å². The fourth-order valence-corrected chi connectivity index (χ4v) is 3.68. The van der Waals surface area contributed by atoms with Crippen LogP contribution in [0, 0.1) is 0 Å². The summed E-state index contributed by atoms with van der Waals surface area (Å²) in [6.07, 6.45) is 1.85. The number of aryl methyl sites for hydroxylation is 1. The van der Waals surface area contributed by atoms with Crippen LogP contribution in [0.15, 0.2) is 66.9 Å². The number of para-hydroxylation sites is 3. The molecule has 5 aromatic rings. The molecule has 142 valence electrons. The van der Waals surface area contributed by atoms with E-state index in [4.69, 9.17) is 21.6 Å². The molecule has 0 fully saturated rings. The first-order valence-corrected chi connectivity index (χ1v) is 9.62. The zero-order valence-electron chi connectivity index (χ0n) is 15.3. The molecule has 0 atom stereocenters. The van der Waals surface area contributed by atoms with E-state index in [-0.39, 0.29) is 17.5 Å². The average Bonchev–Trinajstić information content (AvgIpc) is 3.05. The maximum atomic E-state index is 12.5. The van der Waals surface area contributed by atoms with E-state index >= 15 is 0 Å². The number of benzene rings is 2. The summed E-state index contributed by atoms with van der Waals surface area (Å²) in [5.41, 5.74) is 4.81. The third-order valence-electron chi connectivity index (χ3n) is 4.85. The van der Waals surface area contributed by atoms with Crippen LogP contribution in [-0.2, 0) is 11.3 Å². The molecule has 0 aliphatic heterocycles. The van der Waals surface area contributed by atoms with Gasteiger partial charge in [-0.3, -0.25) is 4.79 Å². The van der Waals surface area contributed by atoms with Gasteiger partial charge >= 0.3 is 0 Å². The summed E-state index contributed by atoms with van der Waals surface area (Å²) in [4.78, 5) is 26.1. The lowest BCUT2D eigenvalue weighted by atomic mass is 10.2. The number of hydrogen-bond donors (Lipinski definition) is 1. The van der Waals surface area contributed by atoms with Crippen LogP contribution >= 0.6 is 11.6 Å². The molecule has 0 radical (unpaired) electrons. The summed E-state index contributed by atoms with van der Waals surface area (Å²) < 4.78 is 2.05. The van der Waals surface area contributed by atoms with Crippen molar-refractivity contribution in [3.05, 3.63) is 72.0 Å². The maximum absolute atomic E-state index is 12.5. The first-order chi connectivity index (χ1) is 14.2. The zero-order valence-corrected chi connectivity index (χ0v) is 16.1. The highest BCUT2D eigenvalue weighted by molar-refractivity contribution is 6.32. The molecule has 0 bridgehead atoms. The minimum Gasteiger partial charge on any atom is -0.323 e. The van der Waals surface area contributed by atoms with Crippen LogP contribution in [0.2, 0.25) is 5.15 Å². The van der Waals surface area contributed by atoms with Crippen molar-refractivity contribution < 1.29 is 4.79 Å². The largest absolute Gasteiger partial charge is 0.323 e. The fraction of sp³-hybridized carbons (Fsp3) is 0.0909. The normalized spacial score (nSPS) is 11.3. The number of rotatable bonds is 4. The number of aromatic nitrogens is 4. The lowest BCUT2D eigenvalue weighted by Gasteiger charge is -2.09. The molecule has 2 aromatic carbocycles. The minimum absolute atomic E-state index is 0.139. The second-order valence-electron chi connectivity index (χ2n) is 6.69. The van der Waals surface area contributed by atoms with E-state index in [1.807, 2.05) is 48.5 Å². The van der Waals surface area contributed by atoms with Gasteiger partial charge in [0.2, 0.25) is 5.91 Å². The summed E-state index contributed by atoms with van der Waals surface area (Å²) >= 11 is 6.03. The molecule has 1 N–H and O–H groups in total. The topological polar surface area (TPSA) is 72.7 Å². The lowest BCUT2D eigenvalue weighted by Crippen LogP contribution is -2.15. The van der Waals surface area contributed by atoms with Gasteiger partial charge in [-0.1, -0.05) is 41.9 Å². The number of nitrogens with zero attached hydrogens (tertiary/aromatic N) is 4. The van der Waals surface area contributed by atoms with E-state index in [2.05, 4.69) is 14.9 Å². The molecule has 0 spiro atoms. The Morgan fingerprint density at radius 2 is 1.72 bits per heavy atom. The number of anilines is 1. The third-order valence-corrected chi connectivity index (χ3v) is 5.15. The molecule has 3 heterocycles. The summed E-state index contributed by atoms with van der Waals surface area (Å²) in [7, 11) is 0. The van der Waals surface area contributed by atoms with Gasteiger partial charge in [0.1, 0.15) is 5.52 Å². The van der Waals surface area contributed by atoms with Gasteiger partial charge in [0.25, 0.3) is 0 Å². The quantitative estimate of drug-likeness (QED) is 0.438. The van der Waals surface area contributed by atoms with Gasteiger partial charge in [-0.15, -0.1) is 0 Å². The average molecular weight is 402 g/mol. The summed E-state index contributed by atoms with van der Waals surface area (Å²) in [5.74, 6) is -0.139. The van der Waals surface area contributed by atoms with Crippen molar-refractivity contribution in [1.82, 2.24) is 19.5 Å². The Bertz CT molecular complexity index is 1380. The Morgan fingerprint density at radius 1 is 0.966 bits per heavy atom. The molecule has 0 saturated carbocycles. The molecule has 1 amide bonds. The lowest BCUT2D eigenvalue weighted by molar-refractivity contribution is -0.116. The summed E-state index contributed by atoms with van der Waals surface area (Å²) in [5, 5.41) is 4.11. The molecular weight excluding hydrogens is 386 g/mol. The Kier molecular flexibility index (Phi) is 4.33. The molecular formula is C22H16ClN5O. The van der Waals surface area contributed by atoms with Crippen molar-refractivity contribution in [3.8, 4) is 0 Å². The Balaban J connectivity index is 1.52. The predicted octanol–water partition coefficient (Wildman–Crippen LogP) is 4.81. The number of carbonyl (C=O) groups is 1. The van der Waals surface area contributed by atoms with Gasteiger partial charge in [-0.2, -0.15) is 0 Å². The zero-order chi connectivity index (χ0) is 19.8. The number of nitrogens with one attached hydrogen (secondary N) is 1. The SMILES string of the molecule is O=C(CCn1c2ccccc2c2nc3ccccc3nc21)Nc1cccnc1Cl. The van der Waals surface area contributed by atoms with E-state index in [9.17, 15) is 4.79 Å². The van der Waals surface area contributed by atoms with Crippen molar-refractivity contribution in [2.75, 3.05) is 5.32 Å². The van der Waals surface area contributed by atoms with Crippen LogP contribution in [0.4, 0.5) is 5.69 Å². The van der Waals surface area contributed by atoms with Crippen molar-refractivity contribution >= 4 is 56.3 Å². The molecule has 5 rings (SSSR count). The van der Waals surface area contributed by atoms with Gasteiger partial charge in [-0.25, -0.2) is 15.0 Å². The van der Waals surface area contributed by atoms with Gasteiger partial charge in [-0.05, 0) is 30.3 Å². The van der Waals surface area contributed by atoms with Crippen LogP contribution in [0.25, 0.3) is 33.1 Å². The number of halogens is 1. The first-order valence-electron chi connectivity index (χ1n) is 9.25. The third kappa shape index (κ3) is 3.17. The smallest absolute Gasteiger partial charge is 0.226 e. The highest BCUT2D eigenvalue weighted by atomic mass is 35.5. The molecule has 29 heavy (non-hydrogen) atoms. The van der Waals surface area contributed by atoms with E-state index < -0.39 is 0 Å². The van der Waals surface area contributed by atoms with Crippen LogP contribution in [0.5, 0.6) is 0 Å². The van der Waals surface area contributed by atoms with Gasteiger partial charge in [0.05, 0.1) is 22.2 Å². The van der Waals surface area contributed by atoms with Crippen LogP contribution in [0.1, 0.15) is 6.42 Å². The molecule has 3 aromatic heterocycles. The second-order valence-corrected chi connectivity index (χ2v) is 7.05. The summed E-state index contributed by atoms with van der Waals surface area (Å²) in [6.45, 7) is 0.473. The van der Waals surface area contributed by atoms with Crippen LogP contribution < -0.4 is 5.32 Å². The molecule has 0 saturated heterocycles. The number of pyridine rings is 1.